The SMILES string of the molecule is NC(=O)C1(S(=O)(=O)c2ccc(N(O)Cc3ccccc3)cc2)CCOCC1. The van der Waals surface area contributed by atoms with Crippen LogP contribution in [0.1, 0.15) is 18.4 Å². The molecule has 144 valence electrons. The Morgan fingerprint density at radius 3 is 2.22 bits per heavy atom. The highest BCUT2D eigenvalue weighted by Crippen LogP contribution is 2.35. The summed E-state index contributed by atoms with van der Waals surface area (Å²) >= 11 is 0. The van der Waals surface area contributed by atoms with Gasteiger partial charge in [0.15, 0.2) is 14.6 Å². The Kier molecular flexibility index (Phi) is 5.50. The van der Waals surface area contributed by atoms with Crippen LogP contribution in [-0.4, -0.2) is 37.5 Å². The summed E-state index contributed by atoms with van der Waals surface area (Å²) < 4.78 is 29.7. The minimum atomic E-state index is -3.98. The van der Waals surface area contributed by atoms with E-state index in [-0.39, 0.29) is 37.5 Å². The van der Waals surface area contributed by atoms with Gasteiger partial charge in [-0.3, -0.25) is 15.1 Å². The van der Waals surface area contributed by atoms with Gasteiger partial charge in [-0.1, -0.05) is 30.3 Å². The van der Waals surface area contributed by atoms with Gasteiger partial charge >= 0.3 is 0 Å². The Morgan fingerprint density at radius 2 is 1.67 bits per heavy atom. The molecule has 0 aliphatic carbocycles. The number of carbonyl (C=O) groups is 1. The minimum Gasteiger partial charge on any atom is -0.381 e. The number of anilines is 1. The highest BCUT2D eigenvalue weighted by molar-refractivity contribution is 7.93. The van der Waals surface area contributed by atoms with Crippen molar-refractivity contribution in [3.63, 3.8) is 0 Å². The van der Waals surface area contributed by atoms with Gasteiger partial charge in [0.2, 0.25) is 5.91 Å². The van der Waals surface area contributed by atoms with Gasteiger partial charge < -0.3 is 10.5 Å². The van der Waals surface area contributed by atoms with Crippen LogP contribution in [0.3, 0.4) is 0 Å². The molecule has 0 radical (unpaired) electrons. The molecule has 3 N–H and O–H groups in total. The third-order valence-corrected chi connectivity index (χ3v) is 7.42. The number of sulfone groups is 1. The standard InChI is InChI=1S/C19H22N2O5S/c20-18(22)19(10-12-26-13-11-19)27(24,25)17-8-6-16(7-9-17)21(23)14-15-4-2-1-3-5-15/h1-9,23H,10-14H2,(H2,20,22). The van der Waals surface area contributed by atoms with E-state index in [0.29, 0.717) is 5.69 Å². The molecule has 27 heavy (non-hydrogen) atoms. The predicted molar refractivity (Wildman–Crippen MR) is 100 cm³/mol. The fraction of sp³-hybridized carbons (Fsp3) is 0.316. The molecule has 2 aromatic carbocycles. The van der Waals surface area contributed by atoms with E-state index in [1.807, 2.05) is 30.3 Å². The molecular weight excluding hydrogens is 368 g/mol. The Morgan fingerprint density at radius 1 is 1.07 bits per heavy atom. The van der Waals surface area contributed by atoms with Crippen LogP contribution >= 0.6 is 0 Å². The quantitative estimate of drug-likeness (QED) is 0.729. The molecule has 1 aliphatic rings. The molecule has 0 bridgehead atoms. The van der Waals surface area contributed by atoms with E-state index < -0.39 is 20.5 Å². The van der Waals surface area contributed by atoms with E-state index >= 15 is 0 Å². The molecule has 1 aliphatic heterocycles. The van der Waals surface area contributed by atoms with E-state index in [1.165, 1.54) is 24.3 Å². The van der Waals surface area contributed by atoms with Crippen LogP contribution in [0.15, 0.2) is 59.5 Å². The second-order valence-electron chi connectivity index (χ2n) is 6.51. The molecule has 7 nitrogen and oxygen atoms in total. The first-order valence-electron chi connectivity index (χ1n) is 8.59. The minimum absolute atomic E-state index is 0.0000566. The third-order valence-electron chi connectivity index (χ3n) is 4.88. The fourth-order valence-electron chi connectivity index (χ4n) is 3.22. The Labute approximate surface area is 158 Å². The van der Waals surface area contributed by atoms with Crippen LogP contribution in [0.4, 0.5) is 5.69 Å². The van der Waals surface area contributed by atoms with Crippen molar-refractivity contribution in [1.82, 2.24) is 0 Å². The first kappa shape index (κ1) is 19.3. The van der Waals surface area contributed by atoms with E-state index in [0.717, 1.165) is 10.6 Å². The van der Waals surface area contributed by atoms with Crippen LogP contribution < -0.4 is 10.8 Å². The van der Waals surface area contributed by atoms with Crippen molar-refractivity contribution in [2.24, 2.45) is 5.73 Å². The molecule has 3 rings (SSSR count). The molecule has 1 heterocycles. The summed E-state index contributed by atoms with van der Waals surface area (Å²) in [4.78, 5) is 12.0. The number of hydroxylamine groups is 1. The van der Waals surface area contributed by atoms with Crippen molar-refractivity contribution in [2.45, 2.75) is 29.0 Å². The van der Waals surface area contributed by atoms with Crippen LogP contribution in [0, 0.1) is 0 Å². The van der Waals surface area contributed by atoms with Gasteiger partial charge in [0.25, 0.3) is 0 Å². The molecule has 0 saturated carbocycles. The van der Waals surface area contributed by atoms with Gasteiger partial charge in [0, 0.05) is 13.2 Å². The van der Waals surface area contributed by atoms with E-state index in [2.05, 4.69) is 0 Å². The van der Waals surface area contributed by atoms with Crippen molar-refractivity contribution >= 4 is 21.4 Å². The number of rotatable bonds is 6. The number of ether oxygens (including phenoxy) is 1. The van der Waals surface area contributed by atoms with Crippen molar-refractivity contribution in [3.8, 4) is 0 Å². The van der Waals surface area contributed by atoms with Gasteiger partial charge in [0.05, 0.1) is 17.1 Å². The molecule has 1 fully saturated rings. The summed E-state index contributed by atoms with van der Waals surface area (Å²) in [7, 11) is -3.98. The van der Waals surface area contributed by atoms with Gasteiger partial charge in [0.1, 0.15) is 0 Å². The van der Waals surface area contributed by atoms with Gasteiger partial charge in [-0.2, -0.15) is 0 Å². The topological polar surface area (TPSA) is 110 Å². The second kappa shape index (κ2) is 7.67. The average Bonchev–Trinajstić information content (AvgIpc) is 2.69. The summed E-state index contributed by atoms with van der Waals surface area (Å²) in [5.41, 5.74) is 6.82. The zero-order valence-corrected chi connectivity index (χ0v) is 15.6. The lowest BCUT2D eigenvalue weighted by Gasteiger charge is -2.33. The molecule has 0 atom stereocenters. The molecule has 0 unspecified atom stereocenters. The lowest BCUT2D eigenvalue weighted by atomic mass is 9.98. The smallest absolute Gasteiger partial charge is 0.239 e. The summed E-state index contributed by atoms with van der Waals surface area (Å²) in [5, 5.41) is 11.3. The van der Waals surface area contributed by atoms with Gasteiger partial charge in [-0.15, -0.1) is 0 Å². The number of primary amides is 1. The maximum atomic E-state index is 13.1. The van der Waals surface area contributed by atoms with Crippen molar-refractivity contribution in [2.75, 3.05) is 18.3 Å². The van der Waals surface area contributed by atoms with E-state index in [4.69, 9.17) is 10.5 Å². The lowest BCUT2D eigenvalue weighted by molar-refractivity contribution is -0.122. The summed E-state index contributed by atoms with van der Waals surface area (Å²) in [6.07, 6.45) is 0.0686. The third kappa shape index (κ3) is 3.69. The van der Waals surface area contributed by atoms with Crippen LogP contribution in [-0.2, 0) is 25.9 Å². The number of amides is 1. The summed E-state index contributed by atoms with van der Waals surface area (Å²) in [5.74, 6) is -0.859. The number of hydrogen-bond acceptors (Lipinski definition) is 6. The zero-order valence-electron chi connectivity index (χ0n) is 14.7. The van der Waals surface area contributed by atoms with Crippen LogP contribution in [0.2, 0.25) is 0 Å². The number of carbonyl (C=O) groups excluding carboxylic acids is 1. The number of nitrogens with zero attached hydrogens (tertiary/aromatic N) is 1. The first-order valence-corrected chi connectivity index (χ1v) is 10.1. The molecule has 2 aromatic rings. The average molecular weight is 390 g/mol. The molecule has 0 aromatic heterocycles. The van der Waals surface area contributed by atoms with E-state index in [1.54, 1.807) is 0 Å². The van der Waals surface area contributed by atoms with Gasteiger partial charge in [-0.05, 0) is 42.7 Å². The highest BCUT2D eigenvalue weighted by atomic mass is 32.2. The second-order valence-corrected chi connectivity index (χ2v) is 8.77. The molecule has 1 saturated heterocycles. The van der Waals surface area contributed by atoms with Crippen LogP contribution in [0.5, 0.6) is 0 Å². The molecule has 1 amide bonds. The maximum absolute atomic E-state index is 13.1. The number of benzene rings is 2. The normalized spacial score (nSPS) is 16.6. The Balaban J connectivity index is 1.84. The van der Waals surface area contributed by atoms with Crippen molar-refractivity contribution in [3.05, 3.63) is 60.2 Å². The molecule has 0 spiro atoms. The lowest BCUT2D eigenvalue weighted by Crippen LogP contribution is -2.53. The van der Waals surface area contributed by atoms with E-state index in [9.17, 15) is 18.4 Å². The monoisotopic (exact) mass is 390 g/mol. The largest absolute Gasteiger partial charge is 0.381 e. The summed E-state index contributed by atoms with van der Waals surface area (Å²) in [6.45, 7) is 0.596. The number of nitrogens with two attached hydrogens (primary N) is 1. The number of hydrogen-bond donors (Lipinski definition) is 2. The fourth-order valence-corrected chi connectivity index (χ4v) is 5.13. The van der Waals surface area contributed by atoms with Crippen LogP contribution in [0.25, 0.3) is 0 Å². The van der Waals surface area contributed by atoms with Crippen molar-refractivity contribution in [1.29, 1.82) is 0 Å². The zero-order chi connectivity index (χ0) is 19.5. The van der Waals surface area contributed by atoms with Gasteiger partial charge in [-0.25, -0.2) is 8.42 Å². The molecule has 8 heteroatoms. The molecular formula is C19H22N2O5S. The Bertz CT molecular complexity index is 891. The predicted octanol–water partition coefficient (Wildman–Crippen LogP) is 1.89. The Hall–Kier alpha value is -2.42. The maximum Gasteiger partial charge on any atom is 0.239 e. The summed E-state index contributed by atoms with van der Waals surface area (Å²) in [6, 6.07) is 15.2. The van der Waals surface area contributed by atoms with Crippen molar-refractivity contribution < 1.29 is 23.2 Å². The first-order chi connectivity index (χ1) is 12.9. The highest BCUT2D eigenvalue weighted by Gasteiger charge is 2.51.